The van der Waals surface area contributed by atoms with E-state index in [0.29, 0.717) is 0 Å². The third-order valence-corrected chi connectivity index (χ3v) is 5.94. The number of halogens is 1. The highest BCUT2D eigenvalue weighted by Gasteiger charge is 2.27. The molecule has 1 aromatic carbocycles. The van der Waals surface area contributed by atoms with Gasteiger partial charge in [0.1, 0.15) is 5.82 Å². The first-order chi connectivity index (χ1) is 11.5. The van der Waals surface area contributed by atoms with Crippen molar-refractivity contribution >= 4 is 10.0 Å². The van der Waals surface area contributed by atoms with Crippen LogP contribution in [0.5, 0.6) is 0 Å². The van der Waals surface area contributed by atoms with Gasteiger partial charge in [-0.05, 0) is 62.3 Å². The van der Waals surface area contributed by atoms with Crippen molar-refractivity contribution in [3.05, 3.63) is 54.1 Å². The summed E-state index contributed by atoms with van der Waals surface area (Å²) in [6.07, 6.45) is 4.23. The first-order valence-electron chi connectivity index (χ1n) is 8.08. The maximum atomic E-state index is 13.0. The Morgan fingerprint density at radius 2 is 1.83 bits per heavy atom. The zero-order valence-electron chi connectivity index (χ0n) is 13.7. The molecule has 7 heteroatoms. The molecule has 130 valence electrons. The van der Waals surface area contributed by atoms with Crippen molar-refractivity contribution in [1.82, 2.24) is 14.2 Å². The Balaban J connectivity index is 1.78. The van der Waals surface area contributed by atoms with Gasteiger partial charge in [-0.15, -0.1) is 0 Å². The summed E-state index contributed by atoms with van der Waals surface area (Å²) in [6, 6.07) is 8.86. The number of hydrogen-bond acceptors (Lipinski definition) is 3. The lowest BCUT2D eigenvalue weighted by Crippen LogP contribution is -2.37. The summed E-state index contributed by atoms with van der Waals surface area (Å²) in [7, 11) is -1.69. The van der Waals surface area contributed by atoms with Gasteiger partial charge in [-0.1, -0.05) is 0 Å². The molecule has 0 unspecified atom stereocenters. The molecule has 3 rings (SSSR count). The standard InChI is InChI=1S/C17H22FN3O2S/c1-20-10-4-5-16(20)17(21-11-2-3-12-21)13-19-24(22,23)15-8-6-14(18)7-9-15/h4-10,17,19H,2-3,11-13H2,1H3/t17-/m0/s1. The highest BCUT2D eigenvalue weighted by molar-refractivity contribution is 7.89. The Morgan fingerprint density at radius 1 is 1.17 bits per heavy atom. The minimum Gasteiger partial charge on any atom is -0.353 e. The summed E-state index contributed by atoms with van der Waals surface area (Å²) in [4.78, 5) is 2.39. The van der Waals surface area contributed by atoms with Crippen LogP contribution in [0.4, 0.5) is 4.39 Å². The number of sulfonamides is 1. The van der Waals surface area contributed by atoms with Gasteiger partial charge in [0.2, 0.25) is 10.0 Å². The summed E-state index contributed by atoms with van der Waals surface area (Å²) < 4.78 is 42.6. The van der Waals surface area contributed by atoms with Gasteiger partial charge in [-0.25, -0.2) is 17.5 Å². The van der Waals surface area contributed by atoms with Crippen LogP contribution < -0.4 is 4.72 Å². The lowest BCUT2D eigenvalue weighted by Gasteiger charge is -2.28. The number of aryl methyl sites for hydroxylation is 1. The van der Waals surface area contributed by atoms with Crippen molar-refractivity contribution in [2.45, 2.75) is 23.8 Å². The number of likely N-dealkylation sites (tertiary alicyclic amines) is 1. The van der Waals surface area contributed by atoms with Crippen LogP contribution in [0, 0.1) is 5.82 Å². The van der Waals surface area contributed by atoms with Gasteiger partial charge in [0, 0.05) is 25.5 Å². The van der Waals surface area contributed by atoms with E-state index in [2.05, 4.69) is 9.62 Å². The minimum atomic E-state index is -3.66. The molecule has 0 bridgehead atoms. The molecule has 5 nitrogen and oxygen atoms in total. The van der Waals surface area contributed by atoms with Crippen molar-refractivity contribution in [1.29, 1.82) is 0 Å². The third-order valence-electron chi connectivity index (χ3n) is 4.50. The van der Waals surface area contributed by atoms with Crippen LogP contribution in [-0.4, -0.2) is 37.5 Å². The highest BCUT2D eigenvalue weighted by atomic mass is 32.2. The van der Waals surface area contributed by atoms with Gasteiger partial charge in [0.25, 0.3) is 0 Å². The van der Waals surface area contributed by atoms with Crippen LogP contribution in [0.1, 0.15) is 24.6 Å². The number of rotatable bonds is 6. The lowest BCUT2D eigenvalue weighted by molar-refractivity contribution is 0.238. The van der Waals surface area contributed by atoms with Crippen molar-refractivity contribution in [3.63, 3.8) is 0 Å². The van der Waals surface area contributed by atoms with Gasteiger partial charge in [-0.2, -0.15) is 0 Å². The molecule has 1 atom stereocenters. The zero-order valence-corrected chi connectivity index (χ0v) is 14.5. The Labute approximate surface area is 142 Å². The summed E-state index contributed by atoms with van der Waals surface area (Å²) in [5.41, 5.74) is 1.08. The van der Waals surface area contributed by atoms with Gasteiger partial charge in [0.05, 0.1) is 10.9 Å². The molecular weight excluding hydrogens is 329 g/mol. The smallest absolute Gasteiger partial charge is 0.240 e. The van der Waals surface area contributed by atoms with Crippen molar-refractivity contribution in [2.75, 3.05) is 19.6 Å². The van der Waals surface area contributed by atoms with Crippen LogP contribution in [0.15, 0.2) is 47.5 Å². The van der Waals surface area contributed by atoms with Crippen LogP contribution in [0.2, 0.25) is 0 Å². The van der Waals surface area contributed by atoms with E-state index in [-0.39, 0.29) is 17.5 Å². The van der Waals surface area contributed by atoms with E-state index in [1.165, 1.54) is 12.1 Å². The molecule has 1 N–H and O–H groups in total. The molecule has 0 aliphatic carbocycles. The van der Waals surface area contributed by atoms with E-state index in [9.17, 15) is 12.8 Å². The van der Waals surface area contributed by atoms with Crippen LogP contribution >= 0.6 is 0 Å². The number of nitrogens with zero attached hydrogens (tertiary/aromatic N) is 2. The van der Waals surface area contributed by atoms with Gasteiger partial charge < -0.3 is 4.57 Å². The lowest BCUT2D eigenvalue weighted by atomic mass is 10.2. The predicted molar refractivity (Wildman–Crippen MR) is 90.5 cm³/mol. The fraction of sp³-hybridized carbons (Fsp3) is 0.412. The molecular formula is C17H22FN3O2S. The SMILES string of the molecule is Cn1cccc1[C@H](CNS(=O)(=O)c1ccc(F)cc1)N1CCCC1. The predicted octanol–water partition coefficient (Wildman–Crippen LogP) is 2.28. The molecule has 0 saturated carbocycles. The fourth-order valence-corrected chi connectivity index (χ4v) is 4.22. The largest absolute Gasteiger partial charge is 0.353 e. The average molecular weight is 351 g/mol. The Bertz CT molecular complexity index is 780. The molecule has 24 heavy (non-hydrogen) atoms. The number of aromatic nitrogens is 1. The van der Waals surface area contributed by atoms with Crippen molar-refractivity contribution < 1.29 is 12.8 Å². The first kappa shape index (κ1) is 17.1. The summed E-state index contributed by atoms with van der Waals surface area (Å²) in [5.74, 6) is -0.451. The van der Waals surface area contributed by atoms with Crippen LogP contribution in [-0.2, 0) is 17.1 Å². The van der Waals surface area contributed by atoms with Crippen LogP contribution in [0.3, 0.4) is 0 Å². The number of hydrogen-bond donors (Lipinski definition) is 1. The summed E-state index contributed by atoms with van der Waals surface area (Å²) in [5, 5.41) is 0. The van der Waals surface area contributed by atoms with Gasteiger partial charge in [0.15, 0.2) is 0 Å². The molecule has 0 amide bonds. The van der Waals surface area contributed by atoms with E-state index in [1.54, 1.807) is 0 Å². The summed E-state index contributed by atoms with van der Waals surface area (Å²) in [6.45, 7) is 2.22. The maximum absolute atomic E-state index is 13.0. The quantitative estimate of drug-likeness (QED) is 0.869. The van der Waals surface area contributed by atoms with E-state index < -0.39 is 15.8 Å². The Morgan fingerprint density at radius 3 is 2.42 bits per heavy atom. The fourth-order valence-electron chi connectivity index (χ4n) is 3.18. The second-order valence-corrected chi connectivity index (χ2v) is 7.88. The molecule has 1 saturated heterocycles. The van der Waals surface area contributed by atoms with E-state index in [0.717, 1.165) is 43.8 Å². The van der Waals surface area contributed by atoms with E-state index in [4.69, 9.17) is 0 Å². The Hall–Kier alpha value is -1.70. The topological polar surface area (TPSA) is 54.3 Å². The third kappa shape index (κ3) is 3.68. The number of benzene rings is 1. The normalized spacial score (nSPS) is 17.2. The van der Waals surface area contributed by atoms with Gasteiger partial charge >= 0.3 is 0 Å². The molecule has 2 heterocycles. The second kappa shape index (κ2) is 7.04. The minimum absolute atomic E-state index is 0.0114. The van der Waals surface area contributed by atoms with Crippen molar-refractivity contribution in [2.24, 2.45) is 7.05 Å². The molecule has 2 aromatic rings. The van der Waals surface area contributed by atoms with Gasteiger partial charge in [-0.3, -0.25) is 4.90 Å². The monoisotopic (exact) mass is 351 g/mol. The van der Waals surface area contributed by atoms with E-state index >= 15 is 0 Å². The molecule has 1 aliphatic rings. The molecule has 1 fully saturated rings. The van der Waals surface area contributed by atoms with Crippen LogP contribution in [0.25, 0.3) is 0 Å². The molecule has 0 radical (unpaired) electrons. The molecule has 0 spiro atoms. The average Bonchev–Trinajstić information content (AvgIpc) is 3.21. The Kier molecular flexibility index (Phi) is 5.03. The van der Waals surface area contributed by atoms with E-state index in [1.807, 2.05) is 29.9 Å². The summed E-state index contributed by atoms with van der Waals surface area (Å²) >= 11 is 0. The molecule has 1 aromatic heterocycles. The maximum Gasteiger partial charge on any atom is 0.240 e. The van der Waals surface area contributed by atoms with Crippen molar-refractivity contribution in [3.8, 4) is 0 Å². The highest BCUT2D eigenvalue weighted by Crippen LogP contribution is 2.25. The zero-order chi connectivity index (χ0) is 17.2. The first-order valence-corrected chi connectivity index (χ1v) is 9.56. The number of nitrogens with one attached hydrogen (secondary N) is 1. The second-order valence-electron chi connectivity index (χ2n) is 6.11. The molecule has 1 aliphatic heterocycles.